The van der Waals surface area contributed by atoms with E-state index in [1.54, 1.807) is 12.1 Å². The van der Waals surface area contributed by atoms with Crippen molar-refractivity contribution in [2.75, 3.05) is 5.32 Å². The number of para-hydroxylation sites is 1. The van der Waals surface area contributed by atoms with Gasteiger partial charge in [-0.25, -0.2) is 5.43 Å². The summed E-state index contributed by atoms with van der Waals surface area (Å²) in [5, 5.41) is 6.37. The molecule has 0 bridgehead atoms. The number of rotatable bonds is 4. The summed E-state index contributed by atoms with van der Waals surface area (Å²) >= 11 is 0. The van der Waals surface area contributed by atoms with E-state index in [9.17, 15) is 9.59 Å². The van der Waals surface area contributed by atoms with Crippen LogP contribution in [0.2, 0.25) is 0 Å². The molecule has 0 aromatic heterocycles. The van der Waals surface area contributed by atoms with Gasteiger partial charge in [0.05, 0.1) is 6.21 Å². The van der Waals surface area contributed by atoms with Gasteiger partial charge in [-0.2, -0.15) is 5.10 Å². The average molecular weight is 323 g/mol. The molecular weight excluding hydrogens is 302 g/mol. The molecule has 24 heavy (non-hydrogen) atoms. The van der Waals surface area contributed by atoms with Gasteiger partial charge in [-0.15, -0.1) is 0 Å². The minimum Gasteiger partial charge on any atom is -0.317 e. The third-order valence-corrected chi connectivity index (χ3v) is 3.58. The van der Waals surface area contributed by atoms with Gasteiger partial charge >= 0.3 is 11.8 Å². The molecule has 0 heterocycles. The van der Waals surface area contributed by atoms with E-state index >= 15 is 0 Å². The molecule has 0 unspecified atom stereocenters. The lowest BCUT2D eigenvalue weighted by Gasteiger charge is -2.06. The van der Waals surface area contributed by atoms with E-state index in [-0.39, 0.29) is 0 Å². The normalized spacial score (nSPS) is 10.8. The zero-order valence-electron chi connectivity index (χ0n) is 14.0. The second kappa shape index (κ2) is 8.06. The summed E-state index contributed by atoms with van der Waals surface area (Å²) in [7, 11) is 0. The number of aryl methyl sites for hydroxylation is 1. The fourth-order valence-corrected chi connectivity index (χ4v) is 2.08. The molecule has 5 heteroatoms. The maximum Gasteiger partial charge on any atom is 0.329 e. The smallest absolute Gasteiger partial charge is 0.317 e. The lowest BCUT2D eigenvalue weighted by atomic mass is 10.0. The highest BCUT2D eigenvalue weighted by Crippen LogP contribution is 2.14. The zero-order chi connectivity index (χ0) is 17.5. The standard InChI is InChI=1S/C19H21N3O2/c1-13(2)16-10-8-15(9-11-16)12-20-22-19(24)18(23)21-17-7-5-4-6-14(17)3/h4-13H,1-3H3,(H,21,23)(H,22,24)/b20-12-. The molecule has 2 amide bonds. The number of amides is 2. The molecule has 0 saturated carbocycles. The van der Waals surface area contributed by atoms with E-state index in [0.717, 1.165) is 11.1 Å². The Kier molecular flexibility index (Phi) is 5.84. The molecule has 0 aliphatic carbocycles. The fraction of sp³-hybridized carbons (Fsp3) is 0.211. The van der Waals surface area contributed by atoms with Crippen molar-refractivity contribution in [3.8, 4) is 0 Å². The zero-order valence-corrected chi connectivity index (χ0v) is 14.0. The van der Waals surface area contributed by atoms with Crippen molar-refractivity contribution in [3.63, 3.8) is 0 Å². The van der Waals surface area contributed by atoms with Crippen LogP contribution in [0, 0.1) is 6.92 Å². The van der Waals surface area contributed by atoms with Gasteiger partial charge in [-0.1, -0.05) is 56.3 Å². The van der Waals surface area contributed by atoms with E-state index in [4.69, 9.17) is 0 Å². The summed E-state index contributed by atoms with van der Waals surface area (Å²) in [5.41, 5.74) is 5.79. The van der Waals surface area contributed by atoms with Crippen LogP contribution in [0.5, 0.6) is 0 Å². The maximum atomic E-state index is 11.8. The number of anilines is 1. The van der Waals surface area contributed by atoms with Gasteiger partial charge < -0.3 is 5.32 Å². The number of carbonyl (C=O) groups excluding carboxylic acids is 2. The number of hydrogen-bond acceptors (Lipinski definition) is 3. The van der Waals surface area contributed by atoms with Gasteiger partial charge in [0.25, 0.3) is 0 Å². The Balaban J connectivity index is 1.90. The SMILES string of the molecule is Cc1ccccc1NC(=O)C(=O)N/N=C\c1ccc(C(C)C)cc1. The molecule has 2 N–H and O–H groups in total. The van der Waals surface area contributed by atoms with Crippen LogP contribution in [0.25, 0.3) is 0 Å². The molecule has 2 aromatic carbocycles. The van der Waals surface area contributed by atoms with Crippen molar-refractivity contribution in [2.45, 2.75) is 26.7 Å². The molecule has 0 fully saturated rings. The van der Waals surface area contributed by atoms with Crippen LogP contribution in [-0.4, -0.2) is 18.0 Å². The monoisotopic (exact) mass is 323 g/mol. The van der Waals surface area contributed by atoms with Crippen LogP contribution in [0.4, 0.5) is 5.69 Å². The predicted molar refractivity (Wildman–Crippen MR) is 96.1 cm³/mol. The number of hydrazone groups is 1. The lowest BCUT2D eigenvalue weighted by molar-refractivity contribution is -0.136. The Hall–Kier alpha value is -2.95. The summed E-state index contributed by atoms with van der Waals surface area (Å²) < 4.78 is 0. The predicted octanol–water partition coefficient (Wildman–Crippen LogP) is 3.21. The molecule has 0 atom stereocenters. The Morgan fingerprint density at radius 2 is 1.67 bits per heavy atom. The number of carbonyl (C=O) groups is 2. The maximum absolute atomic E-state index is 11.8. The number of hydrogen-bond donors (Lipinski definition) is 2. The highest BCUT2D eigenvalue weighted by Gasteiger charge is 2.13. The Bertz CT molecular complexity index is 749. The fourth-order valence-electron chi connectivity index (χ4n) is 2.08. The van der Waals surface area contributed by atoms with Gasteiger partial charge in [-0.3, -0.25) is 9.59 Å². The van der Waals surface area contributed by atoms with E-state index in [1.807, 2.05) is 43.3 Å². The largest absolute Gasteiger partial charge is 0.329 e. The first-order valence-corrected chi connectivity index (χ1v) is 7.77. The summed E-state index contributed by atoms with van der Waals surface area (Å²) in [6.45, 7) is 6.10. The van der Waals surface area contributed by atoms with Crippen molar-refractivity contribution in [1.29, 1.82) is 0 Å². The highest BCUT2D eigenvalue weighted by atomic mass is 16.2. The van der Waals surface area contributed by atoms with Crippen LogP contribution in [0.3, 0.4) is 0 Å². The summed E-state index contributed by atoms with van der Waals surface area (Å²) in [5.74, 6) is -1.11. The highest BCUT2D eigenvalue weighted by molar-refractivity contribution is 6.39. The van der Waals surface area contributed by atoms with Crippen LogP contribution in [0.1, 0.15) is 36.5 Å². The molecular formula is C19H21N3O2. The van der Waals surface area contributed by atoms with Crippen molar-refractivity contribution in [1.82, 2.24) is 5.43 Å². The molecule has 2 aromatic rings. The van der Waals surface area contributed by atoms with Gasteiger partial charge in [0.1, 0.15) is 0 Å². The van der Waals surface area contributed by atoms with Crippen LogP contribution < -0.4 is 10.7 Å². The Morgan fingerprint density at radius 1 is 1.00 bits per heavy atom. The minimum absolute atomic E-state index is 0.459. The molecule has 0 spiro atoms. The first kappa shape index (κ1) is 17.4. The van der Waals surface area contributed by atoms with Crippen LogP contribution in [-0.2, 0) is 9.59 Å². The second-order valence-electron chi connectivity index (χ2n) is 5.79. The average Bonchev–Trinajstić information content (AvgIpc) is 2.57. The van der Waals surface area contributed by atoms with E-state index in [1.165, 1.54) is 11.8 Å². The molecule has 2 rings (SSSR count). The summed E-state index contributed by atoms with van der Waals surface area (Å²) in [6, 6.07) is 15.1. The third kappa shape index (κ3) is 4.78. The van der Waals surface area contributed by atoms with Gasteiger partial charge in [0.2, 0.25) is 0 Å². The molecule has 0 saturated heterocycles. The topological polar surface area (TPSA) is 70.6 Å². The second-order valence-corrected chi connectivity index (χ2v) is 5.79. The Labute approximate surface area is 141 Å². The van der Waals surface area contributed by atoms with Crippen LogP contribution >= 0.6 is 0 Å². The van der Waals surface area contributed by atoms with Crippen LogP contribution in [0.15, 0.2) is 53.6 Å². The summed E-state index contributed by atoms with van der Waals surface area (Å²) in [6.07, 6.45) is 1.50. The van der Waals surface area contributed by atoms with Crippen molar-refractivity contribution < 1.29 is 9.59 Å². The number of benzene rings is 2. The molecule has 5 nitrogen and oxygen atoms in total. The van der Waals surface area contributed by atoms with E-state index < -0.39 is 11.8 Å². The molecule has 124 valence electrons. The number of nitrogens with one attached hydrogen (secondary N) is 2. The van der Waals surface area contributed by atoms with Crippen molar-refractivity contribution in [2.24, 2.45) is 5.10 Å². The lowest BCUT2D eigenvalue weighted by Crippen LogP contribution is -2.32. The minimum atomic E-state index is -0.812. The number of nitrogens with zero attached hydrogens (tertiary/aromatic N) is 1. The van der Waals surface area contributed by atoms with Crippen molar-refractivity contribution >= 4 is 23.7 Å². The first-order valence-electron chi connectivity index (χ1n) is 7.77. The Morgan fingerprint density at radius 3 is 2.29 bits per heavy atom. The van der Waals surface area contributed by atoms with E-state index in [2.05, 4.69) is 29.7 Å². The van der Waals surface area contributed by atoms with E-state index in [0.29, 0.717) is 11.6 Å². The quantitative estimate of drug-likeness (QED) is 0.515. The molecule has 0 aliphatic heterocycles. The molecule has 0 aliphatic rings. The van der Waals surface area contributed by atoms with Crippen molar-refractivity contribution in [3.05, 3.63) is 65.2 Å². The molecule has 0 radical (unpaired) electrons. The summed E-state index contributed by atoms with van der Waals surface area (Å²) in [4.78, 5) is 23.6. The van der Waals surface area contributed by atoms with Gasteiger partial charge in [0.15, 0.2) is 0 Å². The van der Waals surface area contributed by atoms with Gasteiger partial charge in [0, 0.05) is 5.69 Å². The third-order valence-electron chi connectivity index (χ3n) is 3.58. The van der Waals surface area contributed by atoms with Gasteiger partial charge in [-0.05, 0) is 35.6 Å². The first-order chi connectivity index (χ1) is 11.5.